The van der Waals surface area contributed by atoms with Crippen LogP contribution in [0.25, 0.3) is 0 Å². The highest BCUT2D eigenvalue weighted by Gasteiger charge is 2.19. The van der Waals surface area contributed by atoms with E-state index in [1.54, 1.807) is 18.6 Å². The molecule has 0 aromatic carbocycles. The molecule has 7 heteroatoms. The molecule has 2 aromatic heterocycles. The summed E-state index contributed by atoms with van der Waals surface area (Å²) in [6.07, 6.45) is 4.92. The van der Waals surface area contributed by atoms with E-state index in [-0.39, 0.29) is 6.04 Å². The molecular weight excluding hydrogens is 212 g/mol. The molecular formula is C8H10N6S. The molecule has 0 amide bonds. The zero-order valence-electron chi connectivity index (χ0n) is 8.08. The first-order valence-electron chi connectivity index (χ1n) is 4.34. The molecule has 3 N–H and O–H groups in total. The fraction of sp³-hybridized carbons (Fsp3) is 0.250. The summed E-state index contributed by atoms with van der Waals surface area (Å²) in [5.74, 6) is 5.50. The summed E-state index contributed by atoms with van der Waals surface area (Å²) in [5, 5.41) is 3.94. The number of aromatic nitrogens is 4. The van der Waals surface area contributed by atoms with Crippen molar-refractivity contribution in [2.45, 2.75) is 13.0 Å². The average Bonchev–Trinajstić information content (AvgIpc) is 2.68. The highest BCUT2D eigenvalue weighted by molar-refractivity contribution is 7.05. The van der Waals surface area contributed by atoms with Gasteiger partial charge in [-0.3, -0.25) is 15.8 Å². The summed E-state index contributed by atoms with van der Waals surface area (Å²) in [7, 11) is 0. The fourth-order valence-electron chi connectivity index (χ4n) is 1.26. The van der Waals surface area contributed by atoms with Crippen LogP contribution in [0.1, 0.15) is 22.3 Å². The van der Waals surface area contributed by atoms with Crippen LogP contribution in [0.5, 0.6) is 0 Å². The minimum atomic E-state index is -0.196. The Bertz CT molecular complexity index is 428. The number of nitrogens with zero attached hydrogens (tertiary/aromatic N) is 4. The average molecular weight is 222 g/mol. The molecule has 1 atom stereocenters. The Morgan fingerprint density at radius 1 is 1.47 bits per heavy atom. The number of hydrogen-bond donors (Lipinski definition) is 2. The van der Waals surface area contributed by atoms with Crippen LogP contribution in [0, 0.1) is 6.92 Å². The lowest BCUT2D eigenvalue weighted by Gasteiger charge is -2.12. The van der Waals surface area contributed by atoms with E-state index in [0.29, 0.717) is 0 Å². The van der Waals surface area contributed by atoms with E-state index < -0.39 is 0 Å². The normalized spacial score (nSPS) is 12.7. The van der Waals surface area contributed by atoms with E-state index in [0.717, 1.165) is 16.3 Å². The van der Waals surface area contributed by atoms with Gasteiger partial charge in [-0.25, -0.2) is 5.43 Å². The van der Waals surface area contributed by atoms with Gasteiger partial charge < -0.3 is 0 Å². The molecule has 0 radical (unpaired) electrons. The van der Waals surface area contributed by atoms with E-state index in [9.17, 15) is 0 Å². The smallest absolute Gasteiger partial charge is 0.102 e. The number of hydrogen-bond acceptors (Lipinski definition) is 7. The molecule has 0 aliphatic heterocycles. The maximum absolute atomic E-state index is 5.50. The SMILES string of the molecule is Cc1nnsc1C(NN)c1cnccn1. The van der Waals surface area contributed by atoms with Crippen LogP contribution in [-0.2, 0) is 0 Å². The lowest BCUT2D eigenvalue weighted by Crippen LogP contribution is -2.29. The first-order chi connectivity index (χ1) is 7.33. The Labute approximate surface area is 90.7 Å². The van der Waals surface area contributed by atoms with Crippen LogP contribution in [0.4, 0.5) is 0 Å². The summed E-state index contributed by atoms with van der Waals surface area (Å²) < 4.78 is 3.86. The third kappa shape index (κ3) is 1.99. The highest BCUT2D eigenvalue weighted by atomic mass is 32.1. The fourth-order valence-corrected chi connectivity index (χ4v) is 1.98. The van der Waals surface area contributed by atoms with Crippen molar-refractivity contribution in [2.75, 3.05) is 0 Å². The van der Waals surface area contributed by atoms with Crippen LogP contribution >= 0.6 is 11.5 Å². The maximum Gasteiger partial charge on any atom is 0.102 e. The zero-order chi connectivity index (χ0) is 10.7. The predicted octanol–water partition coefficient (Wildman–Crippen LogP) is 0.189. The molecule has 2 heterocycles. The lowest BCUT2D eigenvalue weighted by atomic mass is 10.1. The minimum Gasteiger partial charge on any atom is -0.270 e. The molecule has 2 aromatic rings. The van der Waals surface area contributed by atoms with Crippen molar-refractivity contribution >= 4 is 11.5 Å². The van der Waals surface area contributed by atoms with Gasteiger partial charge in [0.2, 0.25) is 0 Å². The third-order valence-electron chi connectivity index (χ3n) is 1.99. The van der Waals surface area contributed by atoms with Gasteiger partial charge in [-0.15, -0.1) is 5.10 Å². The van der Waals surface area contributed by atoms with Gasteiger partial charge in [-0.05, 0) is 18.5 Å². The van der Waals surface area contributed by atoms with Crippen molar-refractivity contribution in [3.63, 3.8) is 0 Å². The zero-order valence-corrected chi connectivity index (χ0v) is 8.90. The minimum absolute atomic E-state index is 0.196. The summed E-state index contributed by atoms with van der Waals surface area (Å²) in [6, 6.07) is -0.196. The summed E-state index contributed by atoms with van der Waals surface area (Å²) in [6.45, 7) is 1.89. The molecule has 0 aliphatic carbocycles. The Hall–Kier alpha value is -1.44. The molecule has 78 valence electrons. The highest BCUT2D eigenvalue weighted by Crippen LogP contribution is 2.23. The van der Waals surface area contributed by atoms with Gasteiger partial charge in [-0.2, -0.15) is 0 Å². The van der Waals surface area contributed by atoms with Crippen LogP contribution in [0.3, 0.4) is 0 Å². The summed E-state index contributed by atoms with van der Waals surface area (Å²) >= 11 is 1.31. The Balaban J connectivity index is 2.37. The third-order valence-corrected chi connectivity index (χ3v) is 2.89. The Morgan fingerprint density at radius 2 is 2.33 bits per heavy atom. The van der Waals surface area contributed by atoms with Crippen LogP contribution < -0.4 is 11.3 Å². The molecule has 2 rings (SSSR count). The van der Waals surface area contributed by atoms with E-state index in [2.05, 4.69) is 25.0 Å². The molecule has 15 heavy (non-hydrogen) atoms. The number of aryl methyl sites for hydroxylation is 1. The quantitative estimate of drug-likeness (QED) is 0.569. The maximum atomic E-state index is 5.50. The number of hydrazine groups is 1. The molecule has 0 fully saturated rings. The van der Waals surface area contributed by atoms with Gasteiger partial charge in [-0.1, -0.05) is 4.49 Å². The topological polar surface area (TPSA) is 89.6 Å². The lowest BCUT2D eigenvalue weighted by molar-refractivity contribution is 0.622. The summed E-state index contributed by atoms with van der Waals surface area (Å²) in [5.41, 5.74) is 4.30. The second-order valence-corrected chi connectivity index (χ2v) is 3.74. The van der Waals surface area contributed by atoms with Gasteiger partial charge in [0.1, 0.15) is 6.04 Å². The van der Waals surface area contributed by atoms with E-state index in [4.69, 9.17) is 5.84 Å². The van der Waals surface area contributed by atoms with Crippen LogP contribution in [0.2, 0.25) is 0 Å². The summed E-state index contributed by atoms with van der Waals surface area (Å²) in [4.78, 5) is 9.15. The van der Waals surface area contributed by atoms with E-state index >= 15 is 0 Å². The van der Waals surface area contributed by atoms with E-state index in [1.165, 1.54) is 11.5 Å². The first-order valence-corrected chi connectivity index (χ1v) is 5.11. The molecule has 0 saturated carbocycles. The molecule has 1 unspecified atom stereocenters. The van der Waals surface area contributed by atoms with Crippen LogP contribution in [0.15, 0.2) is 18.6 Å². The monoisotopic (exact) mass is 222 g/mol. The van der Waals surface area contributed by atoms with Crippen molar-refractivity contribution in [2.24, 2.45) is 5.84 Å². The second kappa shape index (κ2) is 4.39. The molecule has 0 saturated heterocycles. The number of nitrogens with two attached hydrogens (primary N) is 1. The Morgan fingerprint density at radius 3 is 2.87 bits per heavy atom. The molecule has 6 nitrogen and oxygen atoms in total. The first kappa shape index (κ1) is 10.1. The molecule has 0 aliphatic rings. The van der Waals surface area contributed by atoms with Crippen molar-refractivity contribution < 1.29 is 0 Å². The second-order valence-electron chi connectivity index (χ2n) is 2.95. The standard InChI is InChI=1S/C8H10N6S/c1-5-8(15-14-13-5)7(12-9)6-4-10-2-3-11-6/h2-4,7,12H,9H2,1H3. The number of rotatable bonds is 3. The van der Waals surface area contributed by atoms with Crippen molar-refractivity contribution in [3.05, 3.63) is 34.9 Å². The van der Waals surface area contributed by atoms with Gasteiger partial charge in [0.15, 0.2) is 0 Å². The van der Waals surface area contributed by atoms with Gasteiger partial charge >= 0.3 is 0 Å². The van der Waals surface area contributed by atoms with Crippen molar-refractivity contribution in [1.29, 1.82) is 0 Å². The largest absolute Gasteiger partial charge is 0.270 e. The van der Waals surface area contributed by atoms with Gasteiger partial charge in [0.05, 0.1) is 22.5 Å². The van der Waals surface area contributed by atoms with Crippen molar-refractivity contribution in [3.8, 4) is 0 Å². The molecule has 0 spiro atoms. The molecule has 0 bridgehead atoms. The van der Waals surface area contributed by atoms with E-state index in [1.807, 2.05) is 6.92 Å². The van der Waals surface area contributed by atoms with Crippen molar-refractivity contribution in [1.82, 2.24) is 25.0 Å². The predicted molar refractivity (Wildman–Crippen MR) is 55.8 cm³/mol. The van der Waals surface area contributed by atoms with Gasteiger partial charge in [0, 0.05) is 12.4 Å². The number of nitrogens with one attached hydrogen (secondary N) is 1. The van der Waals surface area contributed by atoms with Crippen LogP contribution in [-0.4, -0.2) is 19.6 Å². The Kier molecular flexibility index (Phi) is 2.95. The van der Waals surface area contributed by atoms with Gasteiger partial charge in [0.25, 0.3) is 0 Å².